The van der Waals surface area contributed by atoms with Crippen molar-refractivity contribution in [2.24, 2.45) is 0 Å². The highest BCUT2D eigenvalue weighted by Crippen LogP contribution is 2.29. The van der Waals surface area contributed by atoms with Crippen molar-refractivity contribution in [1.29, 1.82) is 0 Å². The molecular weight excluding hydrogens is 232 g/mol. The van der Waals surface area contributed by atoms with Gasteiger partial charge >= 0.3 is 0 Å². The third-order valence-corrected chi connectivity index (χ3v) is 2.50. The molecule has 0 saturated carbocycles. The van der Waals surface area contributed by atoms with Gasteiger partial charge in [0.2, 0.25) is 5.91 Å². The van der Waals surface area contributed by atoms with E-state index in [1.807, 2.05) is 25.1 Å². The van der Waals surface area contributed by atoms with Gasteiger partial charge in [0, 0.05) is 4.47 Å². The highest BCUT2D eigenvalue weighted by atomic mass is 79.9. The molecule has 0 aliphatic carbocycles. The van der Waals surface area contributed by atoms with Crippen LogP contribution in [0.5, 0.6) is 0 Å². The van der Waals surface area contributed by atoms with Gasteiger partial charge in [-0.05, 0) is 25.1 Å². The number of carbonyl (C=O) groups excluding carboxylic acids is 1. The lowest BCUT2D eigenvalue weighted by Gasteiger charge is -2.24. The quantitative estimate of drug-likeness (QED) is 0.731. The number of fused-ring (bicyclic) bond motifs is 1. The number of rotatable bonds is 0. The molecule has 1 aromatic rings. The summed E-state index contributed by atoms with van der Waals surface area (Å²) in [7, 11) is 0. The molecule has 1 aliphatic heterocycles. The smallest absolute Gasteiger partial charge is 0.246 e. The molecule has 0 aromatic heterocycles. The normalized spacial score (nSPS) is 20.2. The first-order chi connectivity index (χ1) is 6.16. The van der Waals surface area contributed by atoms with Gasteiger partial charge in [0.15, 0.2) is 0 Å². The molecule has 1 amide bonds. The van der Waals surface area contributed by atoms with E-state index < -0.39 is 0 Å². The van der Waals surface area contributed by atoms with E-state index in [2.05, 4.69) is 26.6 Å². The van der Waals surface area contributed by atoms with Crippen LogP contribution < -0.4 is 10.6 Å². The van der Waals surface area contributed by atoms with Gasteiger partial charge in [-0.3, -0.25) is 4.79 Å². The Morgan fingerprint density at radius 3 is 2.92 bits per heavy atom. The summed E-state index contributed by atoms with van der Waals surface area (Å²) in [4.78, 5) is 11.3. The summed E-state index contributed by atoms with van der Waals surface area (Å²) in [6, 6.07) is 5.56. The lowest BCUT2D eigenvalue weighted by Crippen LogP contribution is -2.36. The molecule has 1 aliphatic rings. The molecule has 2 rings (SSSR count). The van der Waals surface area contributed by atoms with E-state index >= 15 is 0 Å². The van der Waals surface area contributed by atoms with Crippen molar-refractivity contribution in [2.45, 2.75) is 13.0 Å². The number of hydrogen-bond donors (Lipinski definition) is 2. The highest BCUT2D eigenvalue weighted by Gasteiger charge is 2.20. The monoisotopic (exact) mass is 240 g/mol. The molecular formula is C9H9BrN2O. The number of hydrogen-bond acceptors (Lipinski definition) is 2. The fourth-order valence-electron chi connectivity index (χ4n) is 1.28. The number of nitrogens with one attached hydrogen (secondary N) is 2. The average Bonchev–Trinajstić information content (AvgIpc) is 2.08. The Balaban J connectivity index is 2.42. The van der Waals surface area contributed by atoms with E-state index in [1.54, 1.807) is 0 Å². The summed E-state index contributed by atoms with van der Waals surface area (Å²) in [5, 5.41) is 5.92. The van der Waals surface area contributed by atoms with Gasteiger partial charge in [0.05, 0.1) is 11.4 Å². The van der Waals surface area contributed by atoms with Crippen LogP contribution in [0.1, 0.15) is 6.92 Å². The average molecular weight is 241 g/mol. The molecule has 0 spiro atoms. The second kappa shape index (κ2) is 3.03. The first-order valence-electron chi connectivity index (χ1n) is 4.04. The molecule has 2 N–H and O–H groups in total. The fraction of sp³-hybridized carbons (Fsp3) is 0.222. The zero-order chi connectivity index (χ0) is 9.42. The van der Waals surface area contributed by atoms with Crippen molar-refractivity contribution in [1.82, 2.24) is 0 Å². The van der Waals surface area contributed by atoms with Crippen LogP contribution in [0, 0.1) is 0 Å². The molecule has 4 heteroatoms. The van der Waals surface area contributed by atoms with Gasteiger partial charge in [0.1, 0.15) is 6.04 Å². The van der Waals surface area contributed by atoms with Crippen molar-refractivity contribution in [3.63, 3.8) is 0 Å². The van der Waals surface area contributed by atoms with E-state index in [0.29, 0.717) is 0 Å². The minimum absolute atomic E-state index is 0.00909. The maximum absolute atomic E-state index is 11.3. The Hall–Kier alpha value is -1.03. The fourth-order valence-corrected chi connectivity index (χ4v) is 1.65. The summed E-state index contributed by atoms with van der Waals surface area (Å²) < 4.78 is 1.00. The van der Waals surface area contributed by atoms with Crippen molar-refractivity contribution >= 4 is 33.2 Å². The molecule has 0 radical (unpaired) electrons. The van der Waals surface area contributed by atoms with E-state index in [0.717, 1.165) is 15.8 Å². The number of carbonyl (C=O) groups is 1. The predicted molar refractivity (Wildman–Crippen MR) is 55.9 cm³/mol. The molecule has 3 nitrogen and oxygen atoms in total. The van der Waals surface area contributed by atoms with Crippen molar-refractivity contribution in [2.75, 3.05) is 10.6 Å². The van der Waals surface area contributed by atoms with Gasteiger partial charge in [0.25, 0.3) is 0 Å². The molecule has 0 fully saturated rings. The standard InChI is InChI=1S/C9H9BrN2O/c1-5-9(13)12-7-3-2-6(10)4-8(7)11-5/h2-5,11H,1H3,(H,12,13)/t5-/m0/s1. The van der Waals surface area contributed by atoms with Crippen LogP contribution in [-0.4, -0.2) is 11.9 Å². The first kappa shape index (κ1) is 8.56. The summed E-state index contributed by atoms with van der Waals surface area (Å²) in [6.45, 7) is 1.83. The number of halogens is 1. The lowest BCUT2D eigenvalue weighted by atomic mass is 10.1. The van der Waals surface area contributed by atoms with E-state index in [-0.39, 0.29) is 11.9 Å². The minimum Gasteiger partial charge on any atom is -0.372 e. The summed E-state index contributed by atoms with van der Waals surface area (Å²) in [5.74, 6) is 0.00909. The van der Waals surface area contributed by atoms with Gasteiger partial charge in [-0.25, -0.2) is 0 Å². The molecule has 68 valence electrons. The van der Waals surface area contributed by atoms with Crippen molar-refractivity contribution in [3.8, 4) is 0 Å². The van der Waals surface area contributed by atoms with E-state index in [9.17, 15) is 4.79 Å². The molecule has 1 atom stereocenters. The zero-order valence-electron chi connectivity index (χ0n) is 7.10. The van der Waals surface area contributed by atoms with Gasteiger partial charge in [-0.2, -0.15) is 0 Å². The highest BCUT2D eigenvalue weighted by molar-refractivity contribution is 9.10. The number of anilines is 2. The Labute approximate surface area is 84.6 Å². The summed E-state index contributed by atoms with van der Waals surface area (Å²) in [6.07, 6.45) is 0. The number of benzene rings is 1. The first-order valence-corrected chi connectivity index (χ1v) is 4.83. The van der Waals surface area contributed by atoms with E-state index in [4.69, 9.17) is 0 Å². The topological polar surface area (TPSA) is 41.1 Å². The lowest BCUT2D eigenvalue weighted by molar-refractivity contribution is -0.116. The summed E-state index contributed by atoms with van der Waals surface area (Å²) in [5.41, 5.74) is 1.80. The van der Waals surface area contributed by atoms with Crippen LogP contribution in [-0.2, 0) is 4.79 Å². The van der Waals surface area contributed by atoms with Crippen molar-refractivity contribution < 1.29 is 4.79 Å². The molecule has 1 aromatic carbocycles. The molecule has 0 saturated heterocycles. The molecule has 13 heavy (non-hydrogen) atoms. The second-order valence-corrected chi connectivity index (χ2v) is 3.96. The Morgan fingerprint density at radius 2 is 2.15 bits per heavy atom. The third kappa shape index (κ3) is 1.54. The maximum Gasteiger partial charge on any atom is 0.246 e. The van der Waals surface area contributed by atoms with Crippen LogP contribution in [0.4, 0.5) is 11.4 Å². The van der Waals surface area contributed by atoms with Gasteiger partial charge in [-0.1, -0.05) is 15.9 Å². The minimum atomic E-state index is -0.165. The van der Waals surface area contributed by atoms with Crippen molar-refractivity contribution in [3.05, 3.63) is 22.7 Å². The molecule has 0 unspecified atom stereocenters. The van der Waals surface area contributed by atoms with Crippen LogP contribution in [0.15, 0.2) is 22.7 Å². The Bertz CT molecular complexity index is 365. The largest absolute Gasteiger partial charge is 0.372 e. The predicted octanol–water partition coefficient (Wildman–Crippen LogP) is 2.20. The maximum atomic E-state index is 11.3. The van der Waals surface area contributed by atoms with Crippen LogP contribution in [0.25, 0.3) is 0 Å². The Kier molecular flexibility index (Phi) is 2.00. The van der Waals surface area contributed by atoms with Gasteiger partial charge in [-0.15, -0.1) is 0 Å². The van der Waals surface area contributed by atoms with Crippen LogP contribution in [0.2, 0.25) is 0 Å². The summed E-state index contributed by atoms with van der Waals surface area (Å²) >= 11 is 3.37. The van der Waals surface area contributed by atoms with E-state index in [1.165, 1.54) is 0 Å². The molecule has 1 heterocycles. The number of amides is 1. The SMILES string of the molecule is C[C@@H]1Nc2cc(Br)ccc2NC1=O. The van der Waals surface area contributed by atoms with Crippen LogP contribution in [0.3, 0.4) is 0 Å². The molecule has 0 bridgehead atoms. The van der Waals surface area contributed by atoms with Crippen LogP contribution >= 0.6 is 15.9 Å². The van der Waals surface area contributed by atoms with Gasteiger partial charge < -0.3 is 10.6 Å². The Morgan fingerprint density at radius 1 is 1.38 bits per heavy atom. The third-order valence-electron chi connectivity index (χ3n) is 2.00. The zero-order valence-corrected chi connectivity index (χ0v) is 8.68. The second-order valence-electron chi connectivity index (χ2n) is 3.05.